The van der Waals surface area contributed by atoms with E-state index in [0.717, 1.165) is 18.6 Å². The highest BCUT2D eigenvalue weighted by Crippen LogP contribution is 2.41. The predicted octanol–water partition coefficient (Wildman–Crippen LogP) is 2.73. The second-order valence-corrected chi connectivity index (χ2v) is 4.52. The Morgan fingerprint density at radius 2 is 1.93 bits per heavy atom. The van der Waals surface area contributed by atoms with Crippen LogP contribution >= 0.6 is 0 Å². The number of hydrogen-bond donors (Lipinski definition) is 1. The third-order valence-electron chi connectivity index (χ3n) is 3.45. The first-order chi connectivity index (χ1) is 7.17. The van der Waals surface area contributed by atoms with Gasteiger partial charge in [-0.2, -0.15) is 0 Å². The maximum absolute atomic E-state index is 6.45. The predicted molar refractivity (Wildman–Crippen MR) is 62.1 cm³/mol. The van der Waals surface area contributed by atoms with Crippen LogP contribution < -0.4 is 10.5 Å². The standard InChI is InChI=1S/C13H19NO/c1-10-6-5-7-11(12(10)15-2)13(14)8-3-4-9-13/h5-7H,3-4,8-9,14H2,1-2H3. The first kappa shape index (κ1) is 10.5. The van der Waals surface area contributed by atoms with Gasteiger partial charge in [0.1, 0.15) is 5.75 Å². The Balaban J connectivity index is 2.47. The molecule has 0 spiro atoms. The van der Waals surface area contributed by atoms with Gasteiger partial charge in [-0.1, -0.05) is 31.0 Å². The van der Waals surface area contributed by atoms with Crippen molar-refractivity contribution in [3.05, 3.63) is 29.3 Å². The Bertz CT molecular complexity index is 354. The van der Waals surface area contributed by atoms with E-state index in [9.17, 15) is 0 Å². The number of methoxy groups -OCH3 is 1. The van der Waals surface area contributed by atoms with Crippen LogP contribution in [-0.4, -0.2) is 7.11 Å². The molecule has 0 saturated heterocycles. The van der Waals surface area contributed by atoms with Crippen LogP contribution in [0.25, 0.3) is 0 Å². The molecule has 82 valence electrons. The highest BCUT2D eigenvalue weighted by Gasteiger charge is 2.33. The summed E-state index contributed by atoms with van der Waals surface area (Å²) in [6, 6.07) is 6.25. The topological polar surface area (TPSA) is 35.2 Å². The van der Waals surface area contributed by atoms with Crippen molar-refractivity contribution in [2.24, 2.45) is 5.73 Å². The number of rotatable bonds is 2. The van der Waals surface area contributed by atoms with Crippen LogP contribution in [0.3, 0.4) is 0 Å². The van der Waals surface area contributed by atoms with E-state index in [4.69, 9.17) is 10.5 Å². The van der Waals surface area contributed by atoms with Crippen molar-refractivity contribution in [1.29, 1.82) is 0 Å². The summed E-state index contributed by atoms with van der Waals surface area (Å²) >= 11 is 0. The molecule has 0 radical (unpaired) electrons. The zero-order valence-electron chi connectivity index (χ0n) is 9.55. The maximum atomic E-state index is 6.45. The summed E-state index contributed by atoms with van der Waals surface area (Å²) in [5, 5.41) is 0. The van der Waals surface area contributed by atoms with E-state index in [1.807, 2.05) is 0 Å². The number of ether oxygens (including phenoxy) is 1. The van der Waals surface area contributed by atoms with Crippen LogP contribution in [-0.2, 0) is 5.54 Å². The van der Waals surface area contributed by atoms with Crippen LogP contribution in [0.15, 0.2) is 18.2 Å². The SMILES string of the molecule is COc1c(C)cccc1C1(N)CCCC1. The lowest BCUT2D eigenvalue weighted by atomic mass is 9.87. The first-order valence-electron chi connectivity index (χ1n) is 5.60. The smallest absolute Gasteiger partial charge is 0.126 e. The number of aryl methyl sites for hydroxylation is 1. The molecule has 1 aromatic rings. The highest BCUT2D eigenvalue weighted by atomic mass is 16.5. The van der Waals surface area contributed by atoms with E-state index in [1.165, 1.54) is 24.0 Å². The minimum absolute atomic E-state index is 0.155. The average molecular weight is 205 g/mol. The zero-order valence-corrected chi connectivity index (χ0v) is 9.55. The van der Waals surface area contributed by atoms with Crippen LogP contribution in [0.1, 0.15) is 36.8 Å². The van der Waals surface area contributed by atoms with Gasteiger partial charge in [0, 0.05) is 11.1 Å². The van der Waals surface area contributed by atoms with E-state index < -0.39 is 0 Å². The normalized spacial score (nSPS) is 19.1. The molecule has 1 aliphatic rings. The Hall–Kier alpha value is -1.02. The molecule has 1 aromatic carbocycles. The van der Waals surface area contributed by atoms with Gasteiger partial charge in [-0.3, -0.25) is 0 Å². The summed E-state index contributed by atoms with van der Waals surface area (Å²) in [6.07, 6.45) is 4.61. The van der Waals surface area contributed by atoms with Gasteiger partial charge >= 0.3 is 0 Å². The Morgan fingerprint density at radius 1 is 1.27 bits per heavy atom. The molecule has 0 heterocycles. The fraction of sp³-hybridized carbons (Fsp3) is 0.538. The minimum atomic E-state index is -0.155. The molecule has 2 nitrogen and oxygen atoms in total. The van der Waals surface area contributed by atoms with Gasteiger partial charge in [-0.05, 0) is 25.3 Å². The monoisotopic (exact) mass is 205 g/mol. The summed E-state index contributed by atoms with van der Waals surface area (Å²) in [6.45, 7) is 2.07. The summed E-state index contributed by atoms with van der Waals surface area (Å²) in [5.74, 6) is 0.974. The zero-order chi connectivity index (χ0) is 10.9. The highest BCUT2D eigenvalue weighted by molar-refractivity contribution is 5.45. The van der Waals surface area contributed by atoms with E-state index in [2.05, 4.69) is 25.1 Å². The van der Waals surface area contributed by atoms with Gasteiger partial charge < -0.3 is 10.5 Å². The van der Waals surface area contributed by atoms with Gasteiger partial charge in [-0.25, -0.2) is 0 Å². The van der Waals surface area contributed by atoms with Crippen LogP contribution in [0.2, 0.25) is 0 Å². The molecule has 2 rings (SSSR count). The van der Waals surface area contributed by atoms with Crippen molar-refractivity contribution in [2.75, 3.05) is 7.11 Å². The van der Waals surface area contributed by atoms with Gasteiger partial charge in [0.2, 0.25) is 0 Å². The second-order valence-electron chi connectivity index (χ2n) is 4.52. The van der Waals surface area contributed by atoms with Crippen molar-refractivity contribution in [1.82, 2.24) is 0 Å². The number of nitrogens with two attached hydrogens (primary N) is 1. The second kappa shape index (κ2) is 3.86. The summed E-state index contributed by atoms with van der Waals surface area (Å²) < 4.78 is 5.47. The summed E-state index contributed by atoms with van der Waals surface area (Å²) in [7, 11) is 1.73. The van der Waals surface area contributed by atoms with Crippen molar-refractivity contribution in [2.45, 2.75) is 38.1 Å². The van der Waals surface area contributed by atoms with Crippen molar-refractivity contribution < 1.29 is 4.74 Å². The molecular weight excluding hydrogens is 186 g/mol. The molecule has 0 amide bonds. The fourth-order valence-corrected chi connectivity index (χ4v) is 2.59. The van der Waals surface area contributed by atoms with Gasteiger partial charge in [0.25, 0.3) is 0 Å². The molecule has 0 atom stereocenters. The lowest BCUT2D eigenvalue weighted by molar-refractivity contribution is 0.377. The average Bonchev–Trinajstić information content (AvgIpc) is 2.66. The minimum Gasteiger partial charge on any atom is -0.496 e. The third kappa shape index (κ3) is 1.74. The van der Waals surface area contributed by atoms with Gasteiger partial charge in [-0.15, -0.1) is 0 Å². The quantitative estimate of drug-likeness (QED) is 0.805. The largest absolute Gasteiger partial charge is 0.496 e. The number of para-hydroxylation sites is 1. The number of hydrogen-bond acceptors (Lipinski definition) is 2. The molecular formula is C13H19NO. The van der Waals surface area contributed by atoms with E-state index in [1.54, 1.807) is 7.11 Å². The van der Waals surface area contributed by atoms with E-state index >= 15 is 0 Å². The molecule has 1 aliphatic carbocycles. The van der Waals surface area contributed by atoms with E-state index in [-0.39, 0.29) is 5.54 Å². The van der Waals surface area contributed by atoms with Gasteiger partial charge in [0.05, 0.1) is 7.11 Å². The Labute approximate surface area is 91.4 Å². The van der Waals surface area contributed by atoms with Crippen LogP contribution in [0.5, 0.6) is 5.75 Å². The van der Waals surface area contributed by atoms with Crippen molar-refractivity contribution in [3.63, 3.8) is 0 Å². The molecule has 1 saturated carbocycles. The third-order valence-corrected chi connectivity index (χ3v) is 3.45. The summed E-state index contributed by atoms with van der Waals surface area (Å²) in [5.41, 5.74) is 8.65. The number of benzene rings is 1. The van der Waals surface area contributed by atoms with Gasteiger partial charge in [0.15, 0.2) is 0 Å². The lowest BCUT2D eigenvalue weighted by Gasteiger charge is -2.27. The van der Waals surface area contributed by atoms with Crippen LogP contribution in [0, 0.1) is 6.92 Å². The molecule has 0 bridgehead atoms. The van der Waals surface area contributed by atoms with Crippen LogP contribution in [0.4, 0.5) is 0 Å². The maximum Gasteiger partial charge on any atom is 0.126 e. The molecule has 15 heavy (non-hydrogen) atoms. The Morgan fingerprint density at radius 3 is 2.53 bits per heavy atom. The van der Waals surface area contributed by atoms with E-state index in [0.29, 0.717) is 0 Å². The molecule has 0 aliphatic heterocycles. The molecule has 1 fully saturated rings. The first-order valence-corrected chi connectivity index (χ1v) is 5.60. The van der Waals surface area contributed by atoms with Crippen molar-refractivity contribution in [3.8, 4) is 5.75 Å². The Kier molecular flexibility index (Phi) is 2.70. The molecule has 0 unspecified atom stereocenters. The van der Waals surface area contributed by atoms with Crippen molar-refractivity contribution >= 4 is 0 Å². The fourth-order valence-electron chi connectivity index (χ4n) is 2.59. The molecule has 0 aromatic heterocycles. The molecule has 2 N–H and O–H groups in total. The molecule has 2 heteroatoms. The summed E-state index contributed by atoms with van der Waals surface area (Å²) in [4.78, 5) is 0. The lowest BCUT2D eigenvalue weighted by Crippen LogP contribution is -2.33.